The first-order chi connectivity index (χ1) is 18.8. The molecule has 1 N–H and O–H groups in total. The normalized spacial score (nSPS) is 11.8. The van der Waals surface area contributed by atoms with Crippen LogP contribution < -0.4 is 10.2 Å². The summed E-state index contributed by atoms with van der Waals surface area (Å²) in [5.74, 6) is 0. The first kappa shape index (κ1) is 28.7. The average Bonchev–Trinajstić information content (AvgIpc) is 3.22. The van der Waals surface area contributed by atoms with Crippen molar-refractivity contribution in [3.8, 4) is 0 Å². The maximum atomic E-state index is 13.3. The summed E-state index contributed by atoms with van der Waals surface area (Å²) in [4.78, 5) is 32.1. The minimum Gasteiger partial charge on any atom is -0.443 e. The minimum absolute atomic E-state index is 0.355. The number of amides is 1. The Morgan fingerprint density at radius 2 is 1.57 bits per heavy atom. The molecule has 8 nitrogen and oxygen atoms in total. The lowest BCUT2D eigenvalue weighted by Gasteiger charge is -2.27. The van der Waals surface area contributed by atoms with E-state index in [4.69, 9.17) is 9.47 Å². The molecule has 40 heavy (non-hydrogen) atoms. The van der Waals surface area contributed by atoms with Gasteiger partial charge in [-0.2, -0.15) is 0 Å². The van der Waals surface area contributed by atoms with Crippen molar-refractivity contribution in [2.24, 2.45) is 0 Å². The molecule has 1 amide bonds. The Bertz CT molecular complexity index is 1490. The highest BCUT2D eigenvalue weighted by atomic mass is 16.6. The van der Waals surface area contributed by atoms with Crippen molar-refractivity contribution in [3.63, 3.8) is 0 Å². The van der Waals surface area contributed by atoms with E-state index in [1.54, 1.807) is 17.3 Å². The molecule has 0 aliphatic heterocycles. The second kappa shape index (κ2) is 11.4. The van der Waals surface area contributed by atoms with Gasteiger partial charge in [-0.1, -0.05) is 18.2 Å². The van der Waals surface area contributed by atoms with E-state index in [9.17, 15) is 9.59 Å². The zero-order valence-electron chi connectivity index (χ0n) is 24.3. The van der Waals surface area contributed by atoms with Crippen LogP contribution >= 0.6 is 0 Å². The van der Waals surface area contributed by atoms with Gasteiger partial charge in [-0.15, -0.1) is 0 Å². The molecule has 0 fully saturated rings. The molecule has 2 heterocycles. The SMILES string of the molecule is Cc1cc(Nc2ccc(N(CCc3cn(C(=O)OC(C)(C)C)c4ccccc34)C(=O)OC(C)(C)C)cc2)ccn1. The average molecular weight is 543 g/mol. The van der Waals surface area contributed by atoms with Gasteiger partial charge in [0, 0.05) is 47.1 Å². The van der Waals surface area contributed by atoms with Gasteiger partial charge >= 0.3 is 12.2 Å². The fraction of sp³-hybridized carbons (Fsp3) is 0.344. The zero-order valence-corrected chi connectivity index (χ0v) is 24.3. The number of nitrogens with one attached hydrogen (secondary N) is 1. The number of nitrogens with zero attached hydrogens (tertiary/aromatic N) is 3. The monoisotopic (exact) mass is 542 g/mol. The van der Waals surface area contributed by atoms with Crippen molar-refractivity contribution in [2.75, 3.05) is 16.8 Å². The number of para-hydroxylation sites is 1. The van der Waals surface area contributed by atoms with Gasteiger partial charge in [-0.3, -0.25) is 14.5 Å². The second-order valence-electron chi connectivity index (χ2n) is 11.8. The van der Waals surface area contributed by atoms with Crippen molar-refractivity contribution in [1.82, 2.24) is 9.55 Å². The molecule has 0 radical (unpaired) electrons. The lowest BCUT2D eigenvalue weighted by atomic mass is 10.1. The molecule has 0 spiro atoms. The fourth-order valence-corrected chi connectivity index (χ4v) is 4.30. The number of ether oxygens (including phenoxy) is 2. The van der Waals surface area contributed by atoms with E-state index in [-0.39, 0.29) is 0 Å². The van der Waals surface area contributed by atoms with Crippen LogP contribution in [0.5, 0.6) is 0 Å². The molecule has 0 unspecified atom stereocenters. The Hall–Kier alpha value is -4.33. The number of carbonyl (C=O) groups excluding carboxylic acids is 2. The number of hydrogen-bond donors (Lipinski definition) is 1. The van der Waals surface area contributed by atoms with Crippen LogP contribution in [0, 0.1) is 6.92 Å². The molecule has 4 aromatic rings. The molecular formula is C32H38N4O4. The molecule has 0 atom stereocenters. The fourth-order valence-electron chi connectivity index (χ4n) is 4.30. The van der Waals surface area contributed by atoms with Gasteiger partial charge in [0.2, 0.25) is 0 Å². The molecule has 4 rings (SSSR count). The summed E-state index contributed by atoms with van der Waals surface area (Å²) >= 11 is 0. The van der Waals surface area contributed by atoms with Gasteiger partial charge in [0.15, 0.2) is 0 Å². The number of rotatable bonds is 6. The third kappa shape index (κ3) is 7.40. The topological polar surface area (TPSA) is 85.7 Å². The van der Waals surface area contributed by atoms with Gasteiger partial charge in [0.25, 0.3) is 0 Å². The molecular weight excluding hydrogens is 504 g/mol. The lowest BCUT2D eigenvalue weighted by Crippen LogP contribution is -2.38. The standard InChI is InChI=1S/C32H38N4O4/c1-22-20-25(16-18-33-22)34-24-12-14-26(15-13-24)35(29(37)39-31(2,3)4)19-17-23-21-36(30(38)40-32(5,6)7)28-11-9-8-10-27(23)28/h8-16,18,20-21H,17,19H2,1-7H3,(H,33,34). The van der Waals surface area contributed by atoms with E-state index in [1.165, 1.54) is 4.57 Å². The van der Waals surface area contributed by atoms with Crippen LogP contribution in [0.2, 0.25) is 0 Å². The predicted octanol–water partition coefficient (Wildman–Crippen LogP) is 7.86. The van der Waals surface area contributed by atoms with Crippen molar-refractivity contribution < 1.29 is 19.1 Å². The highest BCUT2D eigenvalue weighted by Crippen LogP contribution is 2.27. The van der Waals surface area contributed by atoms with E-state index in [2.05, 4.69) is 10.3 Å². The summed E-state index contributed by atoms with van der Waals surface area (Å²) in [5.41, 5.74) is 3.88. The Morgan fingerprint density at radius 3 is 2.23 bits per heavy atom. The van der Waals surface area contributed by atoms with E-state index in [0.717, 1.165) is 33.5 Å². The maximum absolute atomic E-state index is 13.3. The number of aryl methyl sites for hydroxylation is 1. The quantitative estimate of drug-likeness (QED) is 0.267. The van der Waals surface area contributed by atoms with Crippen molar-refractivity contribution in [2.45, 2.75) is 66.1 Å². The minimum atomic E-state index is -0.650. The number of aromatic nitrogens is 2. The first-order valence-corrected chi connectivity index (χ1v) is 13.4. The third-order valence-corrected chi connectivity index (χ3v) is 5.97. The Kier molecular flexibility index (Phi) is 8.18. The van der Waals surface area contributed by atoms with Crippen molar-refractivity contribution in [3.05, 3.63) is 84.3 Å². The molecule has 0 bridgehead atoms. The van der Waals surface area contributed by atoms with Crippen LogP contribution in [-0.4, -0.2) is 39.5 Å². The second-order valence-corrected chi connectivity index (χ2v) is 11.8. The van der Waals surface area contributed by atoms with Gasteiger partial charge in [0.1, 0.15) is 11.2 Å². The number of pyridine rings is 1. The molecule has 2 aromatic carbocycles. The summed E-state index contributed by atoms with van der Waals surface area (Å²) in [5, 5.41) is 4.30. The van der Waals surface area contributed by atoms with Gasteiger partial charge < -0.3 is 14.8 Å². The van der Waals surface area contributed by atoms with Gasteiger partial charge in [-0.25, -0.2) is 9.59 Å². The number of benzene rings is 2. The highest BCUT2D eigenvalue weighted by molar-refractivity contribution is 5.92. The smallest absolute Gasteiger partial charge is 0.419 e. The summed E-state index contributed by atoms with van der Waals surface area (Å²) in [6.07, 6.45) is 3.19. The molecule has 2 aromatic heterocycles. The van der Waals surface area contributed by atoms with Crippen LogP contribution in [-0.2, 0) is 15.9 Å². The summed E-state index contributed by atoms with van der Waals surface area (Å²) < 4.78 is 12.9. The third-order valence-electron chi connectivity index (χ3n) is 5.97. The Labute approximate surface area is 235 Å². The van der Waals surface area contributed by atoms with Crippen LogP contribution in [0.3, 0.4) is 0 Å². The van der Waals surface area contributed by atoms with E-state index >= 15 is 0 Å². The molecule has 0 saturated carbocycles. The lowest BCUT2D eigenvalue weighted by molar-refractivity contribution is 0.0540. The zero-order chi connectivity index (χ0) is 29.1. The summed E-state index contributed by atoms with van der Waals surface area (Å²) in [6, 6.07) is 19.2. The van der Waals surface area contributed by atoms with Crippen LogP contribution in [0.15, 0.2) is 73.1 Å². The highest BCUT2D eigenvalue weighted by Gasteiger charge is 2.25. The van der Waals surface area contributed by atoms with Crippen molar-refractivity contribution in [1.29, 1.82) is 0 Å². The number of hydrogen-bond acceptors (Lipinski definition) is 6. The molecule has 8 heteroatoms. The molecule has 0 saturated heterocycles. The maximum Gasteiger partial charge on any atom is 0.419 e. The Morgan fingerprint density at radius 1 is 0.900 bits per heavy atom. The predicted molar refractivity (Wildman–Crippen MR) is 160 cm³/mol. The molecule has 0 aliphatic carbocycles. The van der Waals surface area contributed by atoms with E-state index in [0.29, 0.717) is 18.7 Å². The summed E-state index contributed by atoms with van der Waals surface area (Å²) in [6.45, 7) is 13.4. The molecule has 210 valence electrons. The number of fused-ring (bicyclic) bond motifs is 1. The van der Waals surface area contributed by atoms with Crippen LogP contribution in [0.1, 0.15) is 52.8 Å². The number of carbonyl (C=O) groups is 2. The van der Waals surface area contributed by atoms with Crippen LogP contribution in [0.4, 0.5) is 26.7 Å². The van der Waals surface area contributed by atoms with Crippen molar-refractivity contribution >= 4 is 40.2 Å². The van der Waals surface area contributed by atoms with Gasteiger partial charge in [0.05, 0.1) is 5.52 Å². The van der Waals surface area contributed by atoms with E-state index in [1.807, 2.05) is 109 Å². The number of anilines is 3. The van der Waals surface area contributed by atoms with Crippen LogP contribution in [0.25, 0.3) is 10.9 Å². The summed E-state index contributed by atoms with van der Waals surface area (Å²) in [7, 11) is 0. The molecule has 0 aliphatic rings. The Balaban J connectivity index is 1.59. The van der Waals surface area contributed by atoms with Gasteiger partial charge in [-0.05, 0) is 103 Å². The largest absolute Gasteiger partial charge is 0.443 e. The van der Waals surface area contributed by atoms with E-state index < -0.39 is 23.4 Å². The first-order valence-electron chi connectivity index (χ1n) is 13.4.